The zero-order valence-corrected chi connectivity index (χ0v) is 16.7. The molecule has 0 amide bonds. The van der Waals surface area contributed by atoms with E-state index in [1.165, 1.54) is 24.0 Å². The largest absolute Gasteiger partial charge is 0.378 e. The van der Waals surface area contributed by atoms with Crippen LogP contribution in [0.1, 0.15) is 36.8 Å². The molecule has 0 aliphatic carbocycles. The number of benzene rings is 1. The molecule has 1 N–H and O–H groups in total. The van der Waals surface area contributed by atoms with Crippen LogP contribution >= 0.6 is 0 Å². The van der Waals surface area contributed by atoms with Crippen LogP contribution in [0.15, 0.2) is 35.1 Å². The highest BCUT2D eigenvalue weighted by atomic mass is 16.5. The maximum Gasteiger partial charge on any atom is 0.254 e. The van der Waals surface area contributed by atoms with Crippen molar-refractivity contribution < 1.29 is 4.74 Å². The first-order chi connectivity index (χ1) is 13.7. The molecule has 6 heteroatoms. The third-order valence-corrected chi connectivity index (χ3v) is 5.92. The SMILES string of the molecule is Cc1ccccc1C[C@@H]1CCCCCN1c1nc(N2CCOCC2)cc(=O)[nH]1. The Kier molecular flexibility index (Phi) is 5.95. The highest BCUT2D eigenvalue weighted by Gasteiger charge is 2.25. The fourth-order valence-electron chi connectivity index (χ4n) is 4.28. The lowest BCUT2D eigenvalue weighted by molar-refractivity contribution is 0.122. The monoisotopic (exact) mass is 382 g/mol. The molecule has 2 aliphatic heterocycles. The van der Waals surface area contributed by atoms with Crippen LogP contribution in [0.2, 0.25) is 0 Å². The molecule has 4 rings (SSSR count). The summed E-state index contributed by atoms with van der Waals surface area (Å²) in [4.78, 5) is 24.8. The van der Waals surface area contributed by atoms with Crippen LogP contribution in [0.25, 0.3) is 0 Å². The Labute approximate surface area is 166 Å². The molecule has 150 valence electrons. The molecule has 1 aromatic carbocycles. The first kappa shape index (κ1) is 19.0. The molecule has 0 spiro atoms. The normalized spacial score (nSPS) is 20.8. The molecule has 2 fully saturated rings. The van der Waals surface area contributed by atoms with Crippen molar-refractivity contribution in [3.63, 3.8) is 0 Å². The number of morpholine rings is 1. The van der Waals surface area contributed by atoms with Gasteiger partial charge in [0.1, 0.15) is 5.82 Å². The van der Waals surface area contributed by atoms with E-state index < -0.39 is 0 Å². The summed E-state index contributed by atoms with van der Waals surface area (Å²) in [5, 5.41) is 0. The van der Waals surface area contributed by atoms with Crippen molar-refractivity contribution in [2.45, 2.75) is 45.1 Å². The van der Waals surface area contributed by atoms with Crippen molar-refractivity contribution in [1.29, 1.82) is 0 Å². The van der Waals surface area contributed by atoms with Gasteiger partial charge in [-0.3, -0.25) is 9.78 Å². The summed E-state index contributed by atoms with van der Waals surface area (Å²) in [6, 6.07) is 10.6. The van der Waals surface area contributed by atoms with Gasteiger partial charge < -0.3 is 14.5 Å². The fraction of sp³-hybridized carbons (Fsp3) is 0.545. The Morgan fingerprint density at radius 2 is 1.96 bits per heavy atom. The van der Waals surface area contributed by atoms with Crippen LogP contribution in [-0.2, 0) is 11.2 Å². The van der Waals surface area contributed by atoms with Crippen molar-refractivity contribution >= 4 is 11.8 Å². The van der Waals surface area contributed by atoms with E-state index in [2.05, 4.69) is 46.0 Å². The van der Waals surface area contributed by atoms with Gasteiger partial charge >= 0.3 is 0 Å². The number of nitrogens with zero attached hydrogens (tertiary/aromatic N) is 3. The quantitative estimate of drug-likeness (QED) is 0.881. The number of aryl methyl sites for hydroxylation is 1. The van der Waals surface area contributed by atoms with Crippen molar-refractivity contribution in [2.75, 3.05) is 42.6 Å². The van der Waals surface area contributed by atoms with Crippen molar-refractivity contribution in [3.05, 3.63) is 51.8 Å². The molecule has 2 aliphatic rings. The summed E-state index contributed by atoms with van der Waals surface area (Å²) in [6.07, 6.45) is 5.70. The minimum atomic E-state index is -0.0784. The number of H-pyrrole nitrogens is 1. The summed E-state index contributed by atoms with van der Waals surface area (Å²) in [5.74, 6) is 1.48. The van der Waals surface area contributed by atoms with E-state index in [9.17, 15) is 4.79 Å². The number of nitrogens with one attached hydrogen (secondary N) is 1. The van der Waals surface area contributed by atoms with Crippen molar-refractivity contribution in [3.8, 4) is 0 Å². The second-order valence-electron chi connectivity index (χ2n) is 7.85. The molecular formula is C22H30N4O2. The summed E-state index contributed by atoms with van der Waals surface area (Å²) in [6.45, 7) is 6.04. The average molecular weight is 383 g/mol. The van der Waals surface area contributed by atoms with E-state index in [-0.39, 0.29) is 5.56 Å². The van der Waals surface area contributed by atoms with E-state index in [0.717, 1.165) is 50.7 Å². The van der Waals surface area contributed by atoms with Crippen LogP contribution < -0.4 is 15.4 Å². The predicted octanol–water partition coefficient (Wildman–Crippen LogP) is 2.91. The lowest BCUT2D eigenvalue weighted by Gasteiger charge is -2.33. The van der Waals surface area contributed by atoms with E-state index in [1.807, 2.05) is 0 Å². The third-order valence-electron chi connectivity index (χ3n) is 5.92. The van der Waals surface area contributed by atoms with Gasteiger partial charge in [-0.15, -0.1) is 0 Å². The molecule has 0 saturated carbocycles. The molecule has 0 unspecified atom stereocenters. The number of hydrogen-bond acceptors (Lipinski definition) is 5. The number of anilines is 2. The molecule has 0 radical (unpaired) electrons. The summed E-state index contributed by atoms with van der Waals surface area (Å²) in [7, 11) is 0. The van der Waals surface area contributed by atoms with Crippen molar-refractivity contribution in [1.82, 2.24) is 9.97 Å². The van der Waals surface area contributed by atoms with Gasteiger partial charge in [0.15, 0.2) is 0 Å². The smallest absolute Gasteiger partial charge is 0.254 e. The zero-order chi connectivity index (χ0) is 19.3. The summed E-state index contributed by atoms with van der Waals surface area (Å²) < 4.78 is 5.44. The minimum absolute atomic E-state index is 0.0784. The van der Waals surface area contributed by atoms with Crippen LogP contribution in [0.3, 0.4) is 0 Å². The van der Waals surface area contributed by atoms with E-state index >= 15 is 0 Å². The van der Waals surface area contributed by atoms with Gasteiger partial charge in [0.2, 0.25) is 5.95 Å². The lowest BCUT2D eigenvalue weighted by Crippen LogP contribution is -2.41. The molecular weight excluding hydrogens is 352 g/mol. The number of ether oxygens (including phenoxy) is 1. The average Bonchev–Trinajstić information content (AvgIpc) is 2.95. The second-order valence-corrected chi connectivity index (χ2v) is 7.85. The third kappa shape index (κ3) is 4.38. The molecule has 1 aromatic heterocycles. The van der Waals surface area contributed by atoms with Crippen LogP contribution in [-0.4, -0.2) is 48.9 Å². The number of hydrogen-bond donors (Lipinski definition) is 1. The topological polar surface area (TPSA) is 61.5 Å². The van der Waals surface area contributed by atoms with Gasteiger partial charge in [-0.05, 0) is 37.3 Å². The van der Waals surface area contributed by atoms with Gasteiger partial charge in [-0.2, -0.15) is 4.98 Å². The maximum absolute atomic E-state index is 12.4. The minimum Gasteiger partial charge on any atom is -0.378 e. The lowest BCUT2D eigenvalue weighted by atomic mass is 9.97. The number of rotatable bonds is 4. The molecule has 3 heterocycles. The van der Waals surface area contributed by atoms with E-state index in [1.54, 1.807) is 6.07 Å². The second kappa shape index (κ2) is 8.78. The van der Waals surface area contributed by atoms with Gasteiger partial charge in [0, 0.05) is 31.7 Å². The van der Waals surface area contributed by atoms with Crippen LogP contribution in [0, 0.1) is 6.92 Å². The molecule has 6 nitrogen and oxygen atoms in total. The standard InChI is InChI=1S/C22H30N4O2/c1-17-7-4-5-8-18(17)15-19-9-3-2-6-10-26(19)22-23-20(16-21(27)24-22)25-11-13-28-14-12-25/h4-5,7-8,16,19H,2-3,6,9-15H2,1H3,(H,23,24,27)/t19-/m0/s1. The first-order valence-corrected chi connectivity index (χ1v) is 10.5. The van der Waals surface area contributed by atoms with Crippen LogP contribution in [0.5, 0.6) is 0 Å². The summed E-state index contributed by atoms with van der Waals surface area (Å²) in [5.41, 5.74) is 2.63. The Balaban J connectivity index is 1.63. The van der Waals surface area contributed by atoms with Crippen LogP contribution in [0.4, 0.5) is 11.8 Å². The number of aromatic nitrogens is 2. The maximum atomic E-state index is 12.4. The van der Waals surface area contributed by atoms with Gasteiger partial charge in [0.25, 0.3) is 5.56 Å². The van der Waals surface area contributed by atoms with Gasteiger partial charge in [-0.1, -0.05) is 37.1 Å². The Hall–Kier alpha value is -2.34. The predicted molar refractivity (Wildman–Crippen MR) is 112 cm³/mol. The Bertz CT molecular complexity index is 844. The fourth-order valence-corrected chi connectivity index (χ4v) is 4.28. The Morgan fingerprint density at radius 1 is 1.14 bits per heavy atom. The molecule has 1 atom stereocenters. The molecule has 2 saturated heterocycles. The van der Waals surface area contributed by atoms with Gasteiger partial charge in [0.05, 0.1) is 13.2 Å². The first-order valence-electron chi connectivity index (χ1n) is 10.5. The van der Waals surface area contributed by atoms with E-state index in [4.69, 9.17) is 9.72 Å². The molecule has 0 bridgehead atoms. The molecule has 2 aromatic rings. The summed E-state index contributed by atoms with van der Waals surface area (Å²) >= 11 is 0. The van der Waals surface area contributed by atoms with E-state index in [0.29, 0.717) is 19.3 Å². The Morgan fingerprint density at radius 3 is 2.79 bits per heavy atom. The highest BCUT2D eigenvalue weighted by molar-refractivity contribution is 5.45. The zero-order valence-electron chi connectivity index (χ0n) is 16.7. The molecule has 28 heavy (non-hydrogen) atoms. The van der Waals surface area contributed by atoms with Gasteiger partial charge in [-0.25, -0.2) is 0 Å². The van der Waals surface area contributed by atoms with Crippen molar-refractivity contribution in [2.24, 2.45) is 0 Å². The highest BCUT2D eigenvalue weighted by Crippen LogP contribution is 2.25. The number of aromatic amines is 1.